The van der Waals surface area contributed by atoms with Gasteiger partial charge >= 0.3 is 0 Å². The number of nitrogens with one attached hydrogen (secondary N) is 2. The smallest absolute Gasteiger partial charge is 0.251 e. The van der Waals surface area contributed by atoms with Crippen LogP contribution in [0.3, 0.4) is 0 Å². The van der Waals surface area contributed by atoms with E-state index in [-0.39, 0.29) is 23.5 Å². The van der Waals surface area contributed by atoms with E-state index in [9.17, 15) is 9.59 Å². The van der Waals surface area contributed by atoms with Gasteiger partial charge in [-0.25, -0.2) is 9.97 Å². The Morgan fingerprint density at radius 3 is 2.74 bits per heavy atom. The molecule has 0 aliphatic rings. The number of pyridine rings is 1. The second kappa shape index (κ2) is 8.01. The van der Waals surface area contributed by atoms with Crippen LogP contribution >= 0.6 is 11.6 Å². The van der Waals surface area contributed by atoms with Crippen molar-refractivity contribution in [3.8, 4) is 11.5 Å². The normalized spacial score (nSPS) is 10.5. The molecule has 0 aliphatic carbocycles. The quantitative estimate of drug-likeness (QED) is 0.655. The number of nitrogens with zero attached hydrogens (tertiary/aromatic N) is 2. The maximum atomic E-state index is 12.2. The van der Waals surface area contributed by atoms with Crippen LogP contribution < -0.4 is 10.6 Å². The van der Waals surface area contributed by atoms with E-state index < -0.39 is 0 Å². The Morgan fingerprint density at radius 1 is 1.22 bits per heavy atom. The molecule has 2 N–H and O–H groups in total. The van der Waals surface area contributed by atoms with Gasteiger partial charge in [-0.1, -0.05) is 23.7 Å². The molecule has 2 heterocycles. The van der Waals surface area contributed by atoms with Gasteiger partial charge in [0.15, 0.2) is 0 Å². The zero-order valence-electron chi connectivity index (χ0n) is 14.7. The van der Waals surface area contributed by atoms with E-state index in [1.807, 2.05) is 12.1 Å². The van der Waals surface area contributed by atoms with Gasteiger partial charge in [-0.05, 0) is 31.2 Å². The van der Waals surface area contributed by atoms with E-state index in [0.717, 1.165) is 0 Å². The van der Waals surface area contributed by atoms with Crippen LogP contribution in [0.15, 0.2) is 47.0 Å². The second-order valence-electron chi connectivity index (χ2n) is 5.80. The van der Waals surface area contributed by atoms with E-state index in [4.69, 9.17) is 16.0 Å². The highest BCUT2D eigenvalue weighted by Crippen LogP contribution is 2.28. The SMILES string of the molecule is CC(=O)Nc1ccccc1-c1nc(CNC(=O)c2ccnc(Cl)c2)c(C)o1. The molecule has 8 heteroatoms. The lowest BCUT2D eigenvalue weighted by Crippen LogP contribution is -2.23. The average Bonchev–Trinajstić information content (AvgIpc) is 3.00. The molecule has 0 radical (unpaired) electrons. The predicted octanol–water partition coefficient (Wildman–Crippen LogP) is 3.59. The number of benzene rings is 1. The average molecular weight is 385 g/mol. The van der Waals surface area contributed by atoms with E-state index in [1.165, 1.54) is 19.2 Å². The molecule has 138 valence electrons. The molecule has 27 heavy (non-hydrogen) atoms. The molecule has 0 spiro atoms. The lowest BCUT2D eigenvalue weighted by molar-refractivity contribution is -0.114. The van der Waals surface area contributed by atoms with Crippen LogP contribution in [-0.4, -0.2) is 21.8 Å². The number of halogens is 1. The van der Waals surface area contributed by atoms with Gasteiger partial charge in [0, 0.05) is 18.7 Å². The molecule has 0 bridgehead atoms. The molecule has 0 aliphatic heterocycles. The van der Waals surface area contributed by atoms with Gasteiger partial charge in [0.1, 0.15) is 16.6 Å². The highest BCUT2D eigenvalue weighted by atomic mass is 35.5. The number of para-hydroxylation sites is 1. The van der Waals surface area contributed by atoms with Crippen molar-refractivity contribution >= 4 is 29.1 Å². The number of carbonyl (C=O) groups excluding carboxylic acids is 2. The Morgan fingerprint density at radius 2 is 2.00 bits per heavy atom. The fourth-order valence-corrected chi connectivity index (χ4v) is 2.66. The van der Waals surface area contributed by atoms with Crippen LogP contribution in [0.25, 0.3) is 11.5 Å². The van der Waals surface area contributed by atoms with Gasteiger partial charge < -0.3 is 15.1 Å². The van der Waals surface area contributed by atoms with Gasteiger partial charge in [0.05, 0.1) is 17.8 Å². The summed E-state index contributed by atoms with van der Waals surface area (Å²) >= 11 is 5.80. The Labute approximate surface area is 160 Å². The molecule has 0 fully saturated rings. The molecular formula is C19H17ClN4O3. The highest BCUT2D eigenvalue weighted by Gasteiger charge is 2.16. The standard InChI is InChI=1S/C19H17ClN4O3/c1-11-16(10-22-18(26)13-7-8-21-17(20)9-13)24-19(27-11)14-5-3-4-6-15(14)23-12(2)25/h3-9H,10H2,1-2H3,(H,22,26)(H,23,25). The predicted molar refractivity (Wildman–Crippen MR) is 101 cm³/mol. The Balaban J connectivity index is 1.77. The van der Waals surface area contributed by atoms with E-state index >= 15 is 0 Å². The fraction of sp³-hybridized carbons (Fsp3) is 0.158. The summed E-state index contributed by atoms with van der Waals surface area (Å²) in [6.45, 7) is 3.39. The summed E-state index contributed by atoms with van der Waals surface area (Å²) in [5, 5.41) is 5.78. The number of rotatable bonds is 5. The van der Waals surface area contributed by atoms with Crippen molar-refractivity contribution in [3.63, 3.8) is 0 Å². The van der Waals surface area contributed by atoms with Crippen LogP contribution in [0.5, 0.6) is 0 Å². The molecule has 0 atom stereocenters. The third-order valence-corrected chi connectivity index (χ3v) is 3.97. The first-order valence-electron chi connectivity index (χ1n) is 8.17. The number of hydrogen-bond donors (Lipinski definition) is 2. The van der Waals surface area contributed by atoms with Crippen LogP contribution in [0.1, 0.15) is 28.7 Å². The molecule has 0 saturated carbocycles. The lowest BCUT2D eigenvalue weighted by Gasteiger charge is -2.06. The van der Waals surface area contributed by atoms with E-state index in [0.29, 0.717) is 34.2 Å². The summed E-state index contributed by atoms with van der Waals surface area (Å²) in [5.74, 6) is 0.472. The molecule has 1 aromatic carbocycles. The summed E-state index contributed by atoms with van der Waals surface area (Å²) in [6, 6.07) is 10.3. The van der Waals surface area contributed by atoms with Crippen molar-refractivity contribution < 1.29 is 14.0 Å². The van der Waals surface area contributed by atoms with Gasteiger partial charge in [-0.15, -0.1) is 0 Å². The topological polar surface area (TPSA) is 97.1 Å². The minimum atomic E-state index is -0.290. The molecule has 2 amide bonds. The van der Waals surface area contributed by atoms with Gasteiger partial charge in [0.25, 0.3) is 5.91 Å². The van der Waals surface area contributed by atoms with Crippen LogP contribution in [0.2, 0.25) is 5.15 Å². The van der Waals surface area contributed by atoms with E-state index in [2.05, 4.69) is 20.6 Å². The first-order valence-corrected chi connectivity index (χ1v) is 8.55. The maximum absolute atomic E-state index is 12.2. The molecule has 0 unspecified atom stereocenters. The van der Waals surface area contributed by atoms with Crippen LogP contribution in [0.4, 0.5) is 5.69 Å². The van der Waals surface area contributed by atoms with Gasteiger partial charge in [0.2, 0.25) is 11.8 Å². The monoisotopic (exact) mass is 384 g/mol. The first kappa shape index (κ1) is 18.6. The summed E-state index contributed by atoms with van der Waals surface area (Å²) in [6.07, 6.45) is 1.47. The van der Waals surface area contributed by atoms with Crippen molar-refractivity contribution in [1.29, 1.82) is 0 Å². The van der Waals surface area contributed by atoms with Crippen LogP contribution in [0, 0.1) is 6.92 Å². The first-order chi connectivity index (χ1) is 12.9. The molecule has 7 nitrogen and oxygen atoms in total. The van der Waals surface area contributed by atoms with Crippen LogP contribution in [-0.2, 0) is 11.3 Å². The van der Waals surface area contributed by atoms with Gasteiger partial charge in [-0.2, -0.15) is 0 Å². The van der Waals surface area contributed by atoms with Crippen molar-refractivity contribution in [2.75, 3.05) is 5.32 Å². The highest BCUT2D eigenvalue weighted by molar-refractivity contribution is 6.29. The molecule has 0 saturated heterocycles. The molecular weight excluding hydrogens is 368 g/mol. The lowest BCUT2D eigenvalue weighted by atomic mass is 10.1. The largest absolute Gasteiger partial charge is 0.441 e. The minimum Gasteiger partial charge on any atom is -0.441 e. The Hall–Kier alpha value is -3.19. The second-order valence-corrected chi connectivity index (χ2v) is 6.19. The summed E-state index contributed by atoms with van der Waals surface area (Å²) in [7, 11) is 0. The van der Waals surface area contributed by atoms with Crippen molar-refractivity contribution in [1.82, 2.24) is 15.3 Å². The molecule has 2 aromatic heterocycles. The van der Waals surface area contributed by atoms with Crippen molar-refractivity contribution in [2.45, 2.75) is 20.4 Å². The summed E-state index contributed by atoms with van der Waals surface area (Å²) < 4.78 is 5.74. The minimum absolute atomic E-state index is 0.186. The zero-order valence-corrected chi connectivity index (χ0v) is 15.5. The van der Waals surface area contributed by atoms with Gasteiger partial charge in [-0.3, -0.25) is 9.59 Å². The molecule has 3 rings (SSSR count). The fourth-order valence-electron chi connectivity index (χ4n) is 2.49. The maximum Gasteiger partial charge on any atom is 0.251 e. The number of hydrogen-bond acceptors (Lipinski definition) is 5. The Kier molecular flexibility index (Phi) is 5.52. The summed E-state index contributed by atoms with van der Waals surface area (Å²) in [5.41, 5.74) is 2.27. The van der Waals surface area contributed by atoms with E-state index in [1.54, 1.807) is 25.1 Å². The zero-order chi connectivity index (χ0) is 19.4. The van der Waals surface area contributed by atoms with Crippen molar-refractivity contribution in [2.24, 2.45) is 0 Å². The number of aryl methyl sites for hydroxylation is 1. The number of carbonyl (C=O) groups is 2. The molecule has 3 aromatic rings. The number of anilines is 1. The van der Waals surface area contributed by atoms with Crippen molar-refractivity contribution in [3.05, 3.63) is 64.8 Å². The number of amides is 2. The number of oxazole rings is 1. The third kappa shape index (κ3) is 4.51. The Bertz CT molecular complexity index is 1000. The summed E-state index contributed by atoms with van der Waals surface area (Å²) in [4.78, 5) is 31.9. The number of aromatic nitrogens is 2. The third-order valence-electron chi connectivity index (χ3n) is 3.77.